The van der Waals surface area contributed by atoms with E-state index in [1.165, 1.54) is 19.1 Å². The first-order valence-electron chi connectivity index (χ1n) is 10.8. The zero-order valence-electron chi connectivity index (χ0n) is 19.0. The monoisotopic (exact) mass is 456 g/mol. The Labute approximate surface area is 192 Å². The van der Waals surface area contributed by atoms with Gasteiger partial charge in [-0.1, -0.05) is 0 Å². The van der Waals surface area contributed by atoms with Crippen LogP contribution in [0.5, 0.6) is 11.5 Å². The zero-order chi connectivity index (χ0) is 23.5. The van der Waals surface area contributed by atoms with Crippen LogP contribution in [0.1, 0.15) is 23.1 Å². The maximum absolute atomic E-state index is 13.1. The number of furan rings is 1. The van der Waals surface area contributed by atoms with Crippen LogP contribution in [0.4, 0.5) is 0 Å². The summed E-state index contributed by atoms with van der Waals surface area (Å²) in [6.07, 6.45) is 0. The lowest BCUT2D eigenvalue weighted by atomic mass is 9.99. The number of benzene rings is 1. The van der Waals surface area contributed by atoms with E-state index in [0.717, 1.165) is 13.1 Å². The highest BCUT2D eigenvalue weighted by Crippen LogP contribution is 2.41. The molecule has 9 heteroatoms. The number of ether oxygens (including phenoxy) is 3. The normalized spacial score (nSPS) is 20.9. The van der Waals surface area contributed by atoms with Gasteiger partial charge in [-0.25, -0.2) is 0 Å². The van der Waals surface area contributed by atoms with Crippen molar-refractivity contribution in [1.29, 1.82) is 0 Å². The highest BCUT2D eigenvalue weighted by atomic mass is 16.5. The molecule has 1 aromatic heterocycles. The Morgan fingerprint density at radius 3 is 2.42 bits per heavy atom. The van der Waals surface area contributed by atoms with Gasteiger partial charge in [0.05, 0.1) is 33.0 Å². The number of carbonyl (C=O) groups excluding carboxylic acids is 2. The molecule has 0 spiro atoms. The summed E-state index contributed by atoms with van der Waals surface area (Å²) in [6.45, 7) is 5.50. The number of aryl methyl sites for hydroxylation is 1. The fourth-order valence-electron chi connectivity index (χ4n) is 4.22. The van der Waals surface area contributed by atoms with E-state index in [1.807, 2.05) is 0 Å². The number of aliphatic hydroxyl groups is 1. The van der Waals surface area contributed by atoms with E-state index in [1.54, 1.807) is 37.3 Å². The van der Waals surface area contributed by atoms with E-state index in [9.17, 15) is 14.7 Å². The fourth-order valence-corrected chi connectivity index (χ4v) is 4.22. The van der Waals surface area contributed by atoms with Gasteiger partial charge in [0.2, 0.25) is 0 Å². The molecule has 1 N–H and O–H groups in total. The van der Waals surface area contributed by atoms with Crippen LogP contribution >= 0.6 is 0 Å². The molecule has 2 aliphatic heterocycles. The van der Waals surface area contributed by atoms with Crippen LogP contribution < -0.4 is 9.47 Å². The van der Waals surface area contributed by atoms with Crippen LogP contribution in [0.15, 0.2) is 40.3 Å². The molecule has 1 aromatic carbocycles. The Balaban J connectivity index is 1.73. The summed E-state index contributed by atoms with van der Waals surface area (Å²) in [7, 11) is 2.99. The van der Waals surface area contributed by atoms with Gasteiger partial charge in [0.1, 0.15) is 23.3 Å². The van der Waals surface area contributed by atoms with Crippen molar-refractivity contribution in [3.8, 4) is 11.5 Å². The number of hydrogen-bond acceptors (Lipinski definition) is 8. The summed E-state index contributed by atoms with van der Waals surface area (Å²) in [6, 6.07) is 7.49. The maximum Gasteiger partial charge on any atom is 0.295 e. The van der Waals surface area contributed by atoms with Gasteiger partial charge < -0.3 is 28.6 Å². The first kappa shape index (κ1) is 22.9. The first-order chi connectivity index (χ1) is 15.9. The Kier molecular flexibility index (Phi) is 6.71. The molecule has 2 saturated heterocycles. The number of carbonyl (C=O) groups is 2. The smallest absolute Gasteiger partial charge is 0.295 e. The van der Waals surface area contributed by atoms with Crippen molar-refractivity contribution in [3.63, 3.8) is 0 Å². The van der Waals surface area contributed by atoms with Crippen molar-refractivity contribution < 1.29 is 33.3 Å². The molecule has 33 heavy (non-hydrogen) atoms. The number of Topliss-reactive ketones (excluding diaryl/α,β-unsaturated/α-hetero) is 1. The van der Waals surface area contributed by atoms with Gasteiger partial charge in [-0.15, -0.1) is 0 Å². The second-order valence-electron chi connectivity index (χ2n) is 7.96. The predicted molar refractivity (Wildman–Crippen MR) is 119 cm³/mol. The third-order valence-electron chi connectivity index (χ3n) is 5.99. The largest absolute Gasteiger partial charge is 0.507 e. The van der Waals surface area contributed by atoms with Gasteiger partial charge in [-0.05, 0) is 37.3 Å². The van der Waals surface area contributed by atoms with Gasteiger partial charge in [0.25, 0.3) is 11.7 Å². The van der Waals surface area contributed by atoms with E-state index in [4.69, 9.17) is 18.6 Å². The lowest BCUT2D eigenvalue weighted by molar-refractivity contribution is -0.140. The van der Waals surface area contributed by atoms with Gasteiger partial charge in [-0.3, -0.25) is 14.5 Å². The number of rotatable bonds is 7. The van der Waals surface area contributed by atoms with E-state index in [-0.39, 0.29) is 11.3 Å². The minimum absolute atomic E-state index is 0.0106. The summed E-state index contributed by atoms with van der Waals surface area (Å²) in [5.41, 5.74) is 0.329. The quantitative estimate of drug-likeness (QED) is 0.385. The Morgan fingerprint density at radius 2 is 1.79 bits per heavy atom. The van der Waals surface area contributed by atoms with Crippen molar-refractivity contribution in [2.75, 3.05) is 53.6 Å². The van der Waals surface area contributed by atoms with E-state index in [2.05, 4.69) is 4.90 Å². The van der Waals surface area contributed by atoms with Crippen LogP contribution in [-0.4, -0.2) is 80.2 Å². The first-order valence-corrected chi connectivity index (χ1v) is 10.8. The number of aliphatic hydroxyl groups excluding tert-OH is 1. The summed E-state index contributed by atoms with van der Waals surface area (Å²) in [5, 5.41) is 11.2. The average molecular weight is 456 g/mol. The summed E-state index contributed by atoms with van der Waals surface area (Å²) >= 11 is 0. The van der Waals surface area contributed by atoms with E-state index in [0.29, 0.717) is 54.9 Å². The predicted octanol–water partition coefficient (Wildman–Crippen LogP) is 2.36. The van der Waals surface area contributed by atoms with E-state index >= 15 is 0 Å². The van der Waals surface area contributed by atoms with Crippen molar-refractivity contribution in [1.82, 2.24) is 9.80 Å². The summed E-state index contributed by atoms with van der Waals surface area (Å²) in [4.78, 5) is 29.8. The second kappa shape index (κ2) is 9.68. The third-order valence-corrected chi connectivity index (χ3v) is 5.99. The molecule has 1 atom stereocenters. The van der Waals surface area contributed by atoms with Gasteiger partial charge in [-0.2, -0.15) is 0 Å². The Morgan fingerprint density at radius 1 is 1.06 bits per heavy atom. The molecular weight excluding hydrogens is 428 g/mol. The number of methoxy groups -OCH3 is 2. The molecule has 0 bridgehead atoms. The van der Waals surface area contributed by atoms with Crippen LogP contribution in [0.2, 0.25) is 0 Å². The number of amides is 1. The molecule has 3 heterocycles. The van der Waals surface area contributed by atoms with Crippen LogP contribution in [-0.2, 0) is 14.3 Å². The summed E-state index contributed by atoms with van der Waals surface area (Å²) < 4.78 is 21.8. The molecule has 4 rings (SSSR count). The van der Waals surface area contributed by atoms with Crippen molar-refractivity contribution in [3.05, 3.63) is 53.0 Å². The van der Waals surface area contributed by atoms with Crippen molar-refractivity contribution >= 4 is 17.4 Å². The molecular formula is C24H28N2O7. The van der Waals surface area contributed by atoms with Gasteiger partial charge in [0.15, 0.2) is 11.5 Å². The molecule has 0 aliphatic carbocycles. The molecule has 2 fully saturated rings. The molecule has 176 valence electrons. The molecule has 1 amide bonds. The van der Waals surface area contributed by atoms with Crippen LogP contribution in [0.25, 0.3) is 5.76 Å². The van der Waals surface area contributed by atoms with E-state index < -0.39 is 17.7 Å². The minimum Gasteiger partial charge on any atom is -0.507 e. The maximum atomic E-state index is 13.1. The van der Waals surface area contributed by atoms with Crippen molar-refractivity contribution in [2.45, 2.75) is 13.0 Å². The average Bonchev–Trinajstić information content (AvgIpc) is 3.38. The Bertz CT molecular complexity index is 1070. The number of morpholine rings is 1. The minimum atomic E-state index is -0.826. The van der Waals surface area contributed by atoms with Crippen LogP contribution in [0.3, 0.4) is 0 Å². The molecule has 9 nitrogen and oxygen atoms in total. The fraction of sp³-hybridized carbons (Fsp3) is 0.417. The topological polar surface area (TPSA) is 102 Å². The standard InChI is InChI=1S/C24H28N2O7/c1-15-4-6-18(33-15)21-20(22(27)16-5-7-17(30-2)19(14-16)31-3)23(28)24(29)26(21)9-8-25-10-12-32-13-11-25/h4-7,14,21,27H,8-13H2,1-3H3/t21-/m1/s1. The van der Waals surface area contributed by atoms with Gasteiger partial charge >= 0.3 is 0 Å². The number of likely N-dealkylation sites (tertiary alicyclic amines) is 1. The number of nitrogens with zero attached hydrogens (tertiary/aromatic N) is 2. The van der Waals surface area contributed by atoms with Crippen LogP contribution in [0, 0.1) is 6.92 Å². The lowest BCUT2D eigenvalue weighted by Crippen LogP contribution is -2.42. The number of hydrogen-bond donors (Lipinski definition) is 1. The SMILES string of the molecule is COc1ccc(C(O)=C2C(=O)C(=O)N(CCN3CCOCC3)[C@@H]2c2ccc(C)o2)cc1OC. The second-order valence-corrected chi connectivity index (χ2v) is 7.96. The highest BCUT2D eigenvalue weighted by Gasteiger charge is 2.47. The zero-order valence-corrected chi connectivity index (χ0v) is 19.0. The third kappa shape index (κ3) is 4.46. The molecule has 2 aromatic rings. The molecule has 0 saturated carbocycles. The lowest BCUT2D eigenvalue weighted by Gasteiger charge is -2.30. The Hall–Kier alpha value is -3.30. The molecule has 0 radical (unpaired) electrons. The summed E-state index contributed by atoms with van der Waals surface area (Å²) in [5.74, 6) is 0.257. The number of ketones is 1. The molecule has 2 aliphatic rings. The molecule has 0 unspecified atom stereocenters. The van der Waals surface area contributed by atoms with Gasteiger partial charge in [0, 0.05) is 31.7 Å². The van der Waals surface area contributed by atoms with Crippen molar-refractivity contribution in [2.24, 2.45) is 0 Å². The highest BCUT2D eigenvalue weighted by molar-refractivity contribution is 6.46.